The highest BCUT2D eigenvalue weighted by Crippen LogP contribution is 2.45. The average molecular weight is 813 g/mol. The molecule has 6 aromatic heterocycles. The van der Waals surface area contributed by atoms with Crippen LogP contribution in [0.5, 0.6) is 11.8 Å². The van der Waals surface area contributed by atoms with E-state index in [2.05, 4.69) is 48.6 Å². The fourth-order valence-corrected chi connectivity index (χ4v) is 6.88. The third kappa shape index (κ3) is 8.42. The topological polar surface area (TPSA) is 146 Å². The molecule has 296 valence electrons. The standard InChI is InChI=1S/C22H17FN4O2.C19H14ClFN4O.C3H4O/c1-27-20(15-5-7-16(23)8-6-15)18(14-9-11-24-12-10-14)19-17(4-3-13-28)25-26-22(29-2)21(19)27;1-25-16(12-3-5-13(21)6-4-12)14(11-7-9-22-10-8-11)15-17(25)19(26-2)24-23-18(15)20;1-2-3-4/h5-12,28H,13H2,1-2H3;3-10H,1-2H3;1,4H,3H2. The fraction of sp³-hybridized carbons (Fsp3) is 0.136. The molecular weight excluding hydrogens is 778 g/mol. The normalized spacial score (nSPS) is 10.4. The van der Waals surface area contributed by atoms with Crippen molar-refractivity contribution >= 4 is 33.4 Å². The number of ether oxygens (including phenoxy) is 2. The van der Waals surface area contributed by atoms with Crippen LogP contribution in [-0.4, -0.2) is 77.1 Å². The van der Waals surface area contributed by atoms with E-state index in [1.807, 2.05) is 53.4 Å². The molecule has 8 aromatic rings. The van der Waals surface area contributed by atoms with Gasteiger partial charge in [0.1, 0.15) is 41.6 Å². The first kappa shape index (κ1) is 41.4. The van der Waals surface area contributed by atoms with Crippen LogP contribution in [0.4, 0.5) is 8.78 Å². The predicted molar refractivity (Wildman–Crippen MR) is 222 cm³/mol. The Labute approximate surface area is 342 Å². The lowest BCUT2D eigenvalue weighted by atomic mass is 9.98. The summed E-state index contributed by atoms with van der Waals surface area (Å²) in [5.41, 5.74) is 8.75. The van der Waals surface area contributed by atoms with Gasteiger partial charge in [0.2, 0.25) is 0 Å². The van der Waals surface area contributed by atoms with Crippen molar-refractivity contribution in [2.24, 2.45) is 14.1 Å². The average Bonchev–Trinajstić information content (AvgIpc) is 3.76. The molecule has 2 aromatic carbocycles. The summed E-state index contributed by atoms with van der Waals surface area (Å²) in [5.74, 6) is 7.62. The van der Waals surface area contributed by atoms with Gasteiger partial charge in [-0.05, 0) is 101 Å². The minimum absolute atomic E-state index is 0.153. The van der Waals surface area contributed by atoms with E-state index in [0.717, 1.165) is 61.1 Å². The summed E-state index contributed by atoms with van der Waals surface area (Å²) in [5, 5.41) is 35.0. The maximum absolute atomic E-state index is 13.6. The summed E-state index contributed by atoms with van der Waals surface area (Å²) >= 11 is 6.42. The molecule has 15 heteroatoms. The monoisotopic (exact) mass is 812 g/mol. The Hall–Kier alpha value is -7.23. The van der Waals surface area contributed by atoms with Gasteiger partial charge < -0.3 is 28.8 Å². The number of aliphatic hydroxyl groups is 2. The zero-order valence-electron chi connectivity index (χ0n) is 32.2. The van der Waals surface area contributed by atoms with Gasteiger partial charge in [-0.1, -0.05) is 23.4 Å². The molecule has 12 nitrogen and oxygen atoms in total. The first-order chi connectivity index (χ1) is 28.7. The Bertz CT molecular complexity index is 2830. The second kappa shape index (κ2) is 18.8. The first-order valence-electron chi connectivity index (χ1n) is 17.7. The molecule has 0 amide bonds. The van der Waals surface area contributed by atoms with Gasteiger partial charge >= 0.3 is 0 Å². The summed E-state index contributed by atoms with van der Waals surface area (Å²) in [6.45, 7) is -0.447. The van der Waals surface area contributed by atoms with Gasteiger partial charge in [-0.15, -0.1) is 26.8 Å². The Morgan fingerprint density at radius 2 is 1.05 bits per heavy atom. The molecule has 0 aliphatic carbocycles. The van der Waals surface area contributed by atoms with Crippen molar-refractivity contribution in [3.8, 4) is 80.7 Å². The van der Waals surface area contributed by atoms with Crippen molar-refractivity contribution in [3.05, 3.63) is 120 Å². The SMILES string of the molecule is C#CCO.COc1nnc(C#CCO)c2c(-c3ccncc3)c(-c3ccc(F)cc3)n(C)c12.COc1nnc(Cl)c2c(-c3ccncc3)c(-c3ccc(F)cc3)n(C)c12. The van der Waals surface area contributed by atoms with Gasteiger partial charge in [-0.2, -0.15) is 0 Å². The number of aryl methyl sites for hydroxylation is 2. The molecule has 0 saturated heterocycles. The van der Waals surface area contributed by atoms with E-state index >= 15 is 0 Å². The lowest BCUT2D eigenvalue weighted by Gasteiger charge is -2.09. The number of hydrogen-bond donors (Lipinski definition) is 2. The quantitative estimate of drug-likeness (QED) is 0.164. The van der Waals surface area contributed by atoms with E-state index in [0.29, 0.717) is 23.0 Å². The maximum atomic E-state index is 13.6. The molecule has 2 N–H and O–H groups in total. The number of benzene rings is 2. The number of terminal acetylenes is 1. The molecular formula is C44H35ClF2N8O4. The Kier molecular flexibility index (Phi) is 13.2. The number of fused-ring (bicyclic) bond motifs is 2. The molecule has 0 bridgehead atoms. The van der Waals surface area contributed by atoms with Gasteiger partial charge in [0.15, 0.2) is 5.15 Å². The highest BCUT2D eigenvalue weighted by atomic mass is 35.5. The number of halogens is 3. The van der Waals surface area contributed by atoms with Crippen LogP contribution in [0.2, 0.25) is 5.15 Å². The number of nitrogens with zero attached hydrogens (tertiary/aromatic N) is 8. The highest BCUT2D eigenvalue weighted by molar-refractivity contribution is 6.36. The second-order valence-electron chi connectivity index (χ2n) is 12.4. The minimum atomic E-state index is -0.312. The number of pyridine rings is 2. The molecule has 0 atom stereocenters. The maximum Gasteiger partial charge on any atom is 0.258 e. The van der Waals surface area contributed by atoms with Crippen molar-refractivity contribution in [3.63, 3.8) is 0 Å². The zero-order valence-corrected chi connectivity index (χ0v) is 32.9. The van der Waals surface area contributed by atoms with Crippen molar-refractivity contribution in [2.75, 3.05) is 27.4 Å². The van der Waals surface area contributed by atoms with Crippen LogP contribution in [0.1, 0.15) is 5.69 Å². The van der Waals surface area contributed by atoms with Crippen molar-refractivity contribution < 1.29 is 28.5 Å². The summed E-state index contributed by atoms with van der Waals surface area (Å²) in [7, 11) is 6.85. The van der Waals surface area contributed by atoms with Gasteiger partial charge in [0.05, 0.1) is 36.4 Å². The van der Waals surface area contributed by atoms with Crippen molar-refractivity contribution in [2.45, 2.75) is 0 Å². The molecule has 0 radical (unpaired) electrons. The van der Waals surface area contributed by atoms with Crippen LogP contribution >= 0.6 is 11.6 Å². The van der Waals surface area contributed by atoms with Crippen LogP contribution in [0.3, 0.4) is 0 Å². The lowest BCUT2D eigenvalue weighted by Crippen LogP contribution is -1.99. The molecule has 0 fully saturated rings. The van der Waals surface area contributed by atoms with E-state index in [-0.39, 0.29) is 30.0 Å². The lowest BCUT2D eigenvalue weighted by molar-refractivity contribution is 0.350. The Morgan fingerprint density at radius 3 is 1.47 bits per heavy atom. The van der Waals surface area contributed by atoms with Crippen molar-refractivity contribution in [1.29, 1.82) is 0 Å². The summed E-state index contributed by atoms with van der Waals surface area (Å²) in [6, 6.07) is 20.2. The summed E-state index contributed by atoms with van der Waals surface area (Å²) < 4.78 is 41.7. The number of aromatic nitrogens is 8. The molecule has 0 aliphatic rings. The molecule has 0 spiro atoms. The Balaban J connectivity index is 0.000000183. The van der Waals surface area contributed by atoms with E-state index in [4.69, 9.17) is 31.3 Å². The molecule has 59 heavy (non-hydrogen) atoms. The van der Waals surface area contributed by atoms with Crippen LogP contribution in [-0.2, 0) is 14.1 Å². The summed E-state index contributed by atoms with van der Waals surface area (Å²) in [4.78, 5) is 8.19. The van der Waals surface area contributed by atoms with E-state index in [9.17, 15) is 8.78 Å². The van der Waals surface area contributed by atoms with Crippen LogP contribution in [0.25, 0.3) is 66.6 Å². The van der Waals surface area contributed by atoms with E-state index < -0.39 is 0 Å². The van der Waals surface area contributed by atoms with Crippen LogP contribution in [0, 0.1) is 35.8 Å². The second-order valence-corrected chi connectivity index (χ2v) is 12.7. The predicted octanol–water partition coefficient (Wildman–Crippen LogP) is 7.30. The molecule has 8 rings (SSSR count). The first-order valence-corrected chi connectivity index (χ1v) is 18.0. The van der Waals surface area contributed by atoms with E-state index in [1.54, 1.807) is 49.1 Å². The number of rotatable bonds is 6. The third-order valence-corrected chi connectivity index (χ3v) is 9.31. The van der Waals surface area contributed by atoms with Gasteiger partial charge in [-0.3, -0.25) is 9.97 Å². The smallest absolute Gasteiger partial charge is 0.258 e. The van der Waals surface area contributed by atoms with Gasteiger partial charge in [0.25, 0.3) is 11.8 Å². The number of hydrogen-bond acceptors (Lipinski definition) is 10. The minimum Gasteiger partial charge on any atom is -0.478 e. The van der Waals surface area contributed by atoms with Gasteiger partial charge in [0, 0.05) is 50.0 Å². The largest absolute Gasteiger partial charge is 0.478 e. The van der Waals surface area contributed by atoms with Crippen LogP contribution < -0.4 is 9.47 Å². The van der Waals surface area contributed by atoms with Crippen LogP contribution in [0.15, 0.2) is 97.6 Å². The fourth-order valence-electron chi connectivity index (χ4n) is 6.66. The highest BCUT2D eigenvalue weighted by Gasteiger charge is 2.26. The number of methoxy groups -OCH3 is 2. The molecule has 6 heterocycles. The van der Waals surface area contributed by atoms with Gasteiger partial charge in [-0.25, -0.2) is 8.78 Å². The third-order valence-electron chi connectivity index (χ3n) is 9.04. The zero-order chi connectivity index (χ0) is 42.1. The van der Waals surface area contributed by atoms with E-state index in [1.165, 1.54) is 38.5 Å². The number of aliphatic hydroxyl groups excluding tert-OH is 2. The van der Waals surface area contributed by atoms with Crippen molar-refractivity contribution in [1.82, 2.24) is 39.5 Å². The Morgan fingerprint density at radius 1 is 0.627 bits per heavy atom. The molecule has 0 saturated carbocycles. The molecule has 0 unspecified atom stereocenters. The summed E-state index contributed by atoms with van der Waals surface area (Å²) in [6.07, 6.45) is 11.4. The molecule has 0 aliphatic heterocycles.